The summed E-state index contributed by atoms with van der Waals surface area (Å²) in [5, 5.41) is 4.08. The van der Waals surface area contributed by atoms with E-state index in [1.165, 1.54) is 6.08 Å². The summed E-state index contributed by atoms with van der Waals surface area (Å²) in [6, 6.07) is 2.38. The van der Waals surface area contributed by atoms with Gasteiger partial charge in [-0.3, -0.25) is 0 Å². The van der Waals surface area contributed by atoms with Crippen LogP contribution >= 0.6 is 0 Å². The number of halogens is 2. The molecule has 0 saturated heterocycles. The Morgan fingerprint density at radius 1 is 1.39 bits per heavy atom. The number of benzene rings is 1. The van der Waals surface area contributed by atoms with Crippen LogP contribution in [0.1, 0.15) is 18.5 Å². The Labute approximate surface area is 104 Å². The molecule has 0 radical (unpaired) electrons. The maximum atomic E-state index is 13.5. The van der Waals surface area contributed by atoms with E-state index in [9.17, 15) is 17.2 Å². The number of rotatable bonds is 3. The summed E-state index contributed by atoms with van der Waals surface area (Å²) < 4.78 is 49.0. The summed E-state index contributed by atoms with van der Waals surface area (Å²) in [5.74, 6) is -1.08. The van der Waals surface area contributed by atoms with Crippen LogP contribution < -0.4 is 5.32 Å². The smallest absolute Gasteiger partial charge is 0.173 e. The van der Waals surface area contributed by atoms with Gasteiger partial charge in [0.1, 0.15) is 11.6 Å². The predicted octanol–water partition coefficient (Wildman–Crippen LogP) is 1.93. The third-order valence-corrected chi connectivity index (χ3v) is 4.21. The van der Waals surface area contributed by atoms with Crippen LogP contribution in [0.25, 0.3) is 0 Å². The first-order valence-electron chi connectivity index (χ1n) is 5.49. The summed E-state index contributed by atoms with van der Waals surface area (Å²) >= 11 is 0. The van der Waals surface area contributed by atoms with E-state index in [1.54, 1.807) is 6.92 Å². The van der Waals surface area contributed by atoms with Gasteiger partial charge in [0.05, 0.1) is 5.75 Å². The van der Waals surface area contributed by atoms with E-state index < -0.39 is 27.5 Å². The van der Waals surface area contributed by atoms with E-state index in [0.29, 0.717) is 0 Å². The highest BCUT2D eigenvalue weighted by Gasteiger charge is 2.24. The second-order valence-corrected chi connectivity index (χ2v) is 6.25. The van der Waals surface area contributed by atoms with Gasteiger partial charge in [-0.05, 0) is 25.1 Å². The first-order valence-corrected chi connectivity index (χ1v) is 7.21. The minimum Gasteiger partial charge on any atom is -0.303 e. The van der Waals surface area contributed by atoms with Crippen molar-refractivity contribution in [3.05, 3.63) is 46.9 Å². The summed E-state index contributed by atoms with van der Waals surface area (Å²) in [4.78, 5) is 0. The van der Waals surface area contributed by atoms with Gasteiger partial charge in [0, 0.05) is 23.1 Å². The van der Waals surface area contributed by atoms with Crippen LogP contribution in [0.4, 0.5) is 8.78 Å². The Morgan fingerprint density at radius 2 is 2.11 bits per heavy atom. The highest BCUT2D eigenvalue weighted by molar-refractivity contribution is 7.94. The van der Waals surface area contributed by atoms with Crippen LogP contribution in [0.2, 0.25) is 0 Å². The highest BCUT2D eigenvalue weighted by atomic mass is 32.2. The van der Waals surface area contributed by atoms with Gasteiger partial charge in [0.2, 0.25) is 0 Å². The van der Waals surface area contributed by atoms with Crippen molar-refractivity contribution in [2.24, 2.45) is 0 Å². The normalized spacial score (nSPS) is 23.2. The Kier molecular flexibility index (Phi) is 3.49. The molecule has 0 fully saturated rings. The Morgan fingerprint density at radius 3 is 2.72 bits per heavy atom. The summed E-state index contributed by atoms with van der Waals surface area (Å²) in [6.45, 7) is 1.66. The molecular formula is C12H13F2NO2S. The van der Waals surface area contributed by atoms with Crippen LogP contribution in [-0.2, 0) is 9.84 Å². The molecule has 1 aromatic rings. The lowest BCUT2D eigenvalue weighted by Crippen LogP contribution is -2.32. The Balaban J connectivity index is 2.11. The molecule has 0 amide bonds. The fourth-order valence-electron chi connectivity index (χ4n) is 1.94. The number of nitrogens with one attached hydrogen (secondary N) is 1. The van der Waals surface area contributed by atoms with Crippen molar-refractivity contribution in [2.45, 2.75) is 19.0 Å². The fourth-order valence-corrected chi connectivity index (χ4v) is 3.19. The summed E-state index contributed by atoms with van der Waals surface area (Å²) in [5.41, 5.74) is 0.188. The lowest BCUT2D eigenvalue weighted by molar-refractivity contribution is 0.499. The van der Waals surface area contributed by atoms with Crippen LogP contribution in [0.15, 0.2) is 29.7 Å². The molecule has 0 bridgehead atoms. The molecule has 1 heterocycles. The van der Waals surface area contributed by atoms with Crippen molar-refractivity contribution in [1.82, 2.24) is 5.32 Å². The predicted molar refractivity (Wildman–Crippen MR) is 64.6 cm³/mol. The lowest BCUT2D eigenvalue weighted by Gasteiger charge is -2.18. The average Bonchev–Trinajstić information content (AvgIpc) is 2.61. The molecule has 98 valence electrons. The van der Waals surface area contributed by atoms with Gasteiger partial charge in [-0.2, -0.15) is 0 Å². The molecular weight excluding hydrogens is 260 g/mol. The van der Waals surface area contributed by atoms with E-state index in [4.69, 9.17) is 0 Å². The number of sulfone groups is 1. The van der Waals surface area contributed by atoms with Gasteiger partial charge in [0.15, 0.2) is 9.84 Å². The van der Waals surface area contributed by atoms with Crippen molar-refractivity contribution in [3.63, 3.8) is 0 Å². The molecule has 18 heavy (non-hydrogen) atoms. The zero-order valence-corrected chi connectivity index (χ0v) is 10.5. The number of hydrogen-bond acceptors (Lipinski definition) is 3. The maximum absolute atomic E-state index is 13.5. The topological polar surface area (TPSA) is 46.2 Å². The van der Waals surface area contributed by atoms with Crippen molar-refractivity contribution >= 4 is 9.84 Å². The molecule has 0 aromatic heterocycles. The van der Waals surface area contributed by atoms with Crippen molar-refractivity contribution < 1.29 is 17.2 Å². The highest BCUT2D eigenvalue weighted by Crippen LogP contribution is 2.20. The Bertz CT molecular complexity index is 584. The third kappa shape index (κ3) is 2.94. The van der Waals surface area contributed by atoms with E-state index in [-0.39, 0.29) is 17.4 Å². The second-order valence-electron chi connectivity index (χ2n) is 4.32. The zero-order chi connectivity index (χ0) is 13.3. The largest absolute Gasteiger partial charge is 0.303 e. The molecule has 0 aliphatic carbocycles. The van der Waals surface area contributed by atoms with E-state index in [2.05, 4.69) is 5.32 Å². The van der Waals surface area contributed by atoms with Gasteiger partial charge in [-0.25, -0.2) is 17.2 Å². The first kappa shape index (κ1) is 13.2. The molecule has 1 aliphatic rings. The Hall–Kier alpha value is -1.27. The van der Waals surface area contributed by atoms with Crippen LogP contribution in [0, 0.1) is 11.6 Å². The van der Waals surface area contributed by atoms with Crippen LogP contribution in [0.5, 0.6) is 0 Å². The van der Waals surface area contributed by atoms with Crippen LogP contribution in [0.3, 0.4) is 0 Å². The minimum absolute atomic E-state index is 0.0473. The molecule has 1 N–H and O–H groups in total. The summed E-state index contributed by atoms with van der Waals surface area (Å²) in [7, 11) is -3.15. The molecule has 2 unspecified atom stereocenters. The molecule has 1 aromatic carbocycles. The van der Waals surface area contributed by atoms with Gasteiger partial charge < -0.3 is 5.32 Å². The molecule has 2 rings (SSSR count). The molecule has 1 aliphatic heterocycles. The van der Waals surface area contributed by atoms with Gasteiger partial charge in [-0.1, -0.05) is 6.08 Å². The third-order valence-electron chi connectivity index (χ3n) is 2.82. The molecule has 0 saturated carbocycles. The second kappa shape index (κ2) is 4.78. The van der Waals surface area contributed by atoms with Gasteiger partial charge in [0.25, 0.3) is 0 Å². The maximum Gasteiger partial charge on any atom is 0.173 e. The first-order chi connectivity index (χ1) is 8.37. The molecule has 3 nitrogen and oxygen atoms in total. The SMILES string of the molecule is CC(NC1C=CS(=O)(=O)C1)c1cc(F)ccc1F. The number of hydrogen-bond donors (Lipinski definition) is 1. The lowest BCUT2D eigenvalue weighted by atomic mass is 10.1. The van der Waals surface area contributed by atoms with Crippen molar-refractivity contribution in [1.29, 1.82) is 0 Å². The molecule has 0 spiro atoms. The summed E-state index contributed by atoms with van der Waals surface area (Å²) in [6.07, 6.45) is 1.52. The van der Waals surface area contributed by atoms with E-state index in [0.717, 1.165) is 23.6 Å². The average molecular weight is 273 g/mol. The van der Waals surface area contributed by atoms with Crippen molar-refractivity contribution in [3.8, 4) is 0 Å². The quantitative estimate of drug-likeness (QED) is 0.915. The fraction of sp³-hybridized carbons (Fsp3) is 0.333. The molecule has 6 heteroatoms. The minimum atomic E-state index is -3.15. The zero-order valence-electron chi connectivity index (χ0n) is 9.73. The standard InChI is InChI=1S/C12H13F2NO2S/c1-8(11-6-9(13)2-3-12(11)14)15-10-4-5-18(16,17)7-10/h2-6,8,10,15H,7H2,1H3. The monoisotopic (exact) mass is 273 g/mol. The van der Waals surface area contributed by atoms with Crippen molar-refractivity contribution in [2.75, 3.05) is 5.75 Å². The van der Waals surface area contributed by atoms with Gasteiger partial charge in [-0.15, -0.1) is 0 Å². The molecule has 2 atom stereocenters. The van der Waals surface area contributed by atoms with E-state index >= 15 is 0 Å². The van der Waals surface area contributed by atoms with Gasteiger partial charge >= 0.3 is 0 Å². The van der Waals surface area contributed by atoms with E-state index in [1.807, 2.05) is 0 Å². The van der Waals surface area contributed by atoms with Crippen LogP contribution in [-0.4, -0.2) is 20.2 Å².